The molecule has 1 aliphatic carbocycles. The second-order valence-corrected chi connectivity index (χ2v) is 8.75. The Kier molecular flexibility index (Phi) is 3.82. The van der Waals surface area contributed by atoms with Crippen LogP contribution in [0.4, 0.5) is 4.39 Å². The molecule has 5 rings (SSSR count). The van der Waals surface area contributed by atoms with Crippen LogP contribution in [0.25, 0.3) is 10.8 Å². The number of phenols is 1. The van der Waals surface area contributed by atoms with Gasteiger partial charge in [-0.3, -0.25) is 4.79 Å². The van der Waals surface area contributed by atoms with E-state index >= 15 is 0 Å². The topological polar surface area (TPSA) is 46.5 Å². The number of carbonyl (C=O) groups excluding carboxylic acids is 1. The summed E-state index contributed by atoms with van der Waals surface area (Å²) in [5.74, 6) is 0.924. The molecule has 0 saturated carbocycles. The lowest BCUT2D eigenvalue weighted by atomic mass is 9.69. The number of fused-ring (bicyclic) bond motifs is 3. The molecule has 0 spiro atoms. The summed E-state index contributed by atoms with van der Waals surface area (Å²) in [6.45, 7) is 4.14. The first-order chi connectivity index (χ1) is 13.8. The number of hydrogen-bond acceptors (Lipinski definition) is 3. The number of hydrogen-bond donors (Lipinski definition) is 1. The van der Waals surface area contributed by atoms with Crippen LogP contribution in [0.15, 0.2) is 65.9 Å². The number of phenolic OH excluding ortho intramolecular Hbond substituents is 1. The van der Waals surface area contributed by atoms with Crippen molar-refractivity contribution in [1.29, 1.82) is 0 Å². The molecule has 0 bridgehead atoms. The molecule has 4 heteroatoms. The molecule has 0 aromatic heterocycles. The van der Waals surface area contributed by atoms with E-state index < -0.39 is 0 Å². The molecule has 0 radical (unpaired) electrons. The number of allylic oxidation sites excluding steroid dienone is 2. The maximum absolute atomic E-state index is 13.6. The van der Waals surface area contributed by atoms with Crippen LogP contribution in [-0.2, 0) is 4.79 Å². The molecule has 1 N–H and O–H groups in total. The third-order valence-corrected chi connectivity index (χ3v) is 5.90. The molecule has 0 amide bonds. The molecule has 2 aliphatic rings. The summed E-state index contributed by atoms with van der Waals surface area (Å²) in [5, 5.41) is 11.9. The van der Waals surface area contributed by atoms with Gasteiger partial charge in [-0.15, -0.1) is 0 Å². The minimum Gasteiger partial charge on any atom is -0.508 e. The van der Waals surface area contributed by atoms with Crippen molar-refractivity contribution in [3.63, 3.8) is 0 Å². The van der Waals surface area contributed by atoms with Gasteiger partial charge < -0.3 is 9.84 Å². The predicted molar refractivity (Wildman–Crippen MR) is 110 cm³/mol. The zero-order chi connectivity index (χ0) is 20.3. The lowest BCUT2D eigenvalue weighted by molar-refractivity contribution is -0.118. The van der Waals surface area contributed by atoms with Gasteiger partial charge in [0, 0.05) is 29.9 Å². The van der Waals surface area contributed by atoms with Gasteiger partial charge in [0.2, 0.25) is 0 Å². The Morgan fingerprint density at radius 3 is 2.52 bits per heavy atom. The maximum Gasteiger partial charge on any atom is 0.163 e. The van der Waals surface area contributed by atoms with Crippen molar-refractivity contribution >= 4 is 16.6 Å². The number of carbonyl (C=O) groups is 1. The van der Waals surface area contributed by atoms with Gasteiger partial charge in [-0.1, -0.05) is 38.1 Å². The first-order valence-electron chi connectivity index (χ1n) is 9.78. The van der Waals surface area contributed by atoms with Crippen LogP contribution in [-0.4, -0.2) is 10.9 Å². The van der Waals surface area contributed by atoms with Crippen LogP contribution in [0.2, 0.25) is 0 Å². The zero-order valence-corrected chi connectivity index (χ0v) is 16.3. The second-order valence-electron chi connectivity index (χ2n) is 8.75. The van der Waals surface area contributed by atoms with E-state index in [0.29, 0.717) is 29.9 Å². The van der Waals surface area contributed by atoms with Crippen molar-refractivity contribution in [1.82, 2.24) is 0 Å². The minimum atomic E-state index is -0.358. The number of halogens is 1. The number of Topliss-reactive ketones (excluding diaryl/α,β-unsaturated/α-hetero) is 1. The zero-order valence-electron chi connectivity index (χ0n) is 16.3. The average Bonchev–Trinajstić information content (AvgIpc) is 2.66. The van der Waals surface area contributed by atoms with Crippen molar-refractivity contribution < 1.29 is 19.0 Å². The van der Waals surface area contributed by atoms with E-state index in [1.54, 1.807) is 24.3 Å². The van der Waals surface area contributed by atoms with Crippen LogP contribution in [0.3, 0.4) is 0 Å². The monoisotopic (exact) mass is 388 g/mol. The van der Waals surface area contributed by atoms with Crippen molar-refractivity contribution in [2.45, 2.75) is 32.6 Å². The highest BCUT2D eigenvalue weighted by atomic mass is 19.1. The molecule has 1 unspecified atom stereocenters. The lowest BCUT2D eigenvalue weighted by Gasteiger charge is -2.38. The molecular formula is C25H21FO3. The molecule has 1 heterocycles. The number of aromatic hydroxyl groups is 1. The molecule has 0 saturated heterocycles. The Balaban J connectivity index is 1.82. The van der Waals surface area contributed by atoms with Crippen LogP contribution in [0.5, 0.6) is 11.5 Å². The van der Waals surface area contributed by atoms with E-state index in [2.05, 4.69) is 13.8 Å². The highest BCUT2D eigenvalue weighted by Gasteiger charge is 2.42. The highest BCUT2D eigenvalue weighted by Crippen LogP contribution is 2.52. The largest absolute Gasteiger partial charge is 0.508 e. The van der Waals surface area contributed by atoms with E-state index in [1.807, 2.05) is 18.2 Å². The predicted octanol–water partition coefficient (Wildman–Crippen LogP) is 5.85. The van der Waals surface area contributed by atoms with E-state index in [9.17, 15) is 14.3 Å². The van der Waals surface area contributed by atoms with E-state index in [0.717, 1.165) is 21.9 Å². The highest BCUT2D eigenvalue weighted by molar-refractivity contribution is 6.02. The summed E-state index contributed by atoms with van der Waals surface area (Å²) in [4.78, 5) is 13.2. The van der Waals surface area contributed by atoms with Gasteiger partial charge in [-0.05, 0) is 52.1 Å². The molecule has 3 aromatic carbocycles. The Morgan fingerprint density at radius 1 is 1.03 bits per heavy atom. The van der Waals surface area contributed by atoms with Crippen LogP contribution in [0.1, 0.15) is 43.7 Å². The maximum atomic E-state index is 13.6. The van der Waals surface area contributed by atoms with Crippen molar-refractivity contribution in [3.05, 3.63) is 82.9 Å². The van der Waals surface area contributed by atoms with Crippen molar-refractivity contribution in [2.24, 2.45) is 5.41 Å². The third kappa shape index (κ3) is 2.91. The fourth-order valence-electron chi connectivity index (χ4n) is 4.65. The Labute approximate surface area is 168 Å². The average molecular weight is 388 g/mol. The fourth-order valence-corrected chi connectivity index (χ4v) is 4.65. The summed E-state index contributed by atoms with van der Waals surface area (Å²) >= 11 is 0. The smallest absolute Gasteiger partial charge is 0.163 e. The quantitative estimate of drug-likeness (QED) is 0.569. The molecule has 3 nitrogen and oxygen atoms in total. The van der Waals surface area contributed by atoms with Gasteiger partial charge >= 0.3 is 0 Å². The van der Waals surface area contributed by atoms with Gasteiger partial charge in [-0.25, -0.2) is 4.39 Å². The van der Waals surface area contributed by atoms with E-state index in [1.165, 1.54) is 12.1 Å². The minimum absolute atomic E-state index is 0.0633. The molecule has 1 aliphatic heterocycles. The van der Waals surface area contributed by atoms with E-state index in [-0.39, 0.29) is 28.7 Å². The number of rotatable bonds is 1. The molecule has 146 valence electrons. The van der Waals surface area contributed by atoms with Crippen LogP contribution in [0, 0.1) is 11.2 Å². The molecule has 29 heavy (non-hydrogen) atoms. The Hall–Kier alpha value is -3.14. The Morgan fingerprint density at radius 2 is 1.76 bits per heavy atom. The summed E-state index contributed by atoms with van der Waals surface area (Å²) in [6.07, 6.45) is 1.11. The molecule has 3 aromatic rings. The second kappa shape index (κ2) is 6.18. The summed E-state index contributed by atoms with van der Waals surface area (Å²) in [7, 11) is 0. The van der Waals surface area contributed by atoms with Gasteiger partial charge in [-0.2, -0.15) is 0 Å². The Bertz CT molecular complexity index is 1190. The molecule has 0 fully saturated rings. The standard InChI is InChI=1S/C25H21FO3/c1-25(2)12-19(28)24-21(13-25)29-20-10-6-14-5-9-17(27)11-18(14)23(20)22(24)15-3-7-16(26)8-4-15/h3-11,22,27H,12-13H2,1-2H3. The molecular weight excluding hydrogens is 367 g/mol. The van der Waals surface area contributed by atoms with Crippen molar-refractivity contribution in [3.8, 4) is 11.5 Å². The summed E-state index contributed by atoms with van der Waals surface area (Å²) < 4.78 is 19.9. The SMILES string of the molecule is CC1(C)CC(=O)C2=C(C1)Oc1ccc3ccc(O)cc3c1C2c1ccc(F)cc1. The third-order valence-electron chi connectivity index (χ3n) is 5.90. The van der Waals surface area contributed by atoms with Gasteiger partial charge in [0.25, 0.3) is 0 Å². The van der Waals surface area contributed by atoms with E-state index in [4.69, 9.17) is 4.74 Å². The van der Waals surface area contributed by atoms with Gasteiger partial charge in [0.15, 0.2) is 5.78 Å². The van der Waals surface area contributed by atoms with Gasteiger partial charge in [0.1, 0.15) is 23.1 Å². The normalized spacial score (nSPS) is 20.2. The van der Waals surface area contributed by atoms with Crippen molar-refractivity contribution in [2.75, 3.05) is 0 Å². The first-order valence-corrected chi connectivity index (χ1v) is 9.78. The summed E-state index contributed by atoms with van der Waals surface area (Å²) in [6, 6.07) is 15.4. The van der Waals surface area contributed by atoms with Crippen LogP contribution < -0.4 is 4.74 Å². The number of ketones is 1. The molecule has 1 atom stereocenters. The fraction of sp³-hybridized carbons (Fsp3) is 0.240. The lowest BCUT2D eigenvalue weighted by Crippen LogP contribution is -2.33. The first kappa shape index (κ1) is 17.9. The number of benzene rings is 3. The van der Waals surface area contributed by atoms with Crippen LogP contribution >= 0.6 is 0 Å². The van der Waals surface area contributed by atoms with Gasteiger partial charge in [0.05, 0.1) is 0 Å². The number of ether oxygens (including phenoxy) is 1. The summed E-state index contributed by atoms with van der Waals surface area (Å²) in [5.41, 5.74) is 2.17.